The van der Waals surface area contributed by atoms with E-state index in [-0.39, 0.29) is 20.4 Å². The van der Waals surface area contributed by atoms with Crippen LogP contribution >= 0.6 is 23.4 Å². The first kappa shape index (κ1) is 16.8. The number of carbonyl (C=O) groups is 1. The van der Waals surface area contributed by atoms with Gasteiger partial charge in [-0.3, -0.25) is 0 Å². The smallest absolute Gasteiger partial charge is 0.337 e. The van der Waals surface area contributed by atoms with Gasteiger partial charge in [0.15, 0.2) is 0 Å². The van der Waals surface area contributed by atoms with Crippen LogP contribution in [0.3, 0.4) is 0 Å². The summed E-state index contributed by atoms with van der Waals surface area (Å²) in [5.74, 6) is -1.32. The van der Waals surface area contributed by atoms with Crippen molar-refractivity contribution in [3.63, 3.8) is 0 Å². The highest BCUT2D eigenvalue weighted by atomic mass is 35.5. The summed E-state index contributed by atoms with van der Waals surface area (Å²) in [6.07, 6.45) is 0. The predicted octanol–water partition coefficient (Wildman–Crippen LogP) is 3.15. The zero-order chi connectivity index (χ0) is 16.5. The summed E-state index contributed by atoms with van der Waals surface area (Å²) in [6.45, 7) is 1.91. The van der Waals surface area contributed by atoms with Gasteiger partial charge in [-0.2, -0.15) is 0 Å². The van der Waals surface area contributed by atoms with Gasteiger partial charge in [-0.05, 0) is 31.2 Å². The Hall–Kier alpha value is -1.54. The summed E-state index contributed by atoms with van der Waals surface area (Å²) < 4.78 is 23.5. The Balaban J connectivity index is 2.59. The van der Waals surface area contributed by atoms with Gasteiger partial charge in [0.05, 0.1) is 15.5 Å². The highest BCUT2D eigenvalue weighted by Crippen LogP contribution is 2.36. The second kappa shape index (κ2) is 6.29. The molecule has 0 aromatic heterocycles. The quantitative estimate of drug-likeness (QED) is 0.875. The highest BCUT2D eigenvalue weighted by Gasteiger charge is 2.21. The molecule has 0 unspecified atom stereocenters. The molecule has 0 heterocycles. The molecule has 0 saturated heterocycles. The number of nitrogens with two attached hydrogens (primary N) is 1. The maximum atomic E-state index is 11.7. The standard InChI is InChI=1S/C14H12ClNO4S2/c1-8-3-2-4-9(5-8)21-12-7-11(15)10(14(17)18)6-13(12)22(16,19)20/h2-7H,1H3,(H,17,18)(H2,16,19,20). The molecule has 2 aromatic carbocycles. The molecule has 2 rings (SSSR count). The Bertz CT molecular complexity index is 850. The van der Waals surface area contributed by atoms with E-state index >= 15 is 0 Å². The minimum absolute atomic E-state index is 0.0462. The van der Waals surface area contributed by atoms with E-state index in [9.17, 15) is 13.2 Å². The lowest BCUT2D eigenvalue weighted by atomic mass is 10.2. The van der Waals surface area contributed by atoms with Gasteiger partial charge in [0.1, 0.15) is 0 Å². The molecule has 0 fully saturated rings. The highest BCUT2D eigenvalue weighted by molar-refractivity contribution is 8.00. The van der Waals surface area contributed by atoms with Gasteiger partial charge in [0, 0.05) is 9.79 Å². The molecule has 2 aromatic rings. The van der Waals surface area contributed by atoms with Gasteiger partial charge in [-0.1, -0.05) is 41.1 Å². The van der Waals surface area contributed by atoms with Crippen LogP contribution in [0, 0.1) is 6.92 Å². The van der Waals surface area contributed by atoms with E-state index in [1.807, 2.05) is 31.2 Å². The van der Waals surface area contributed by atoms with Crippen LogP contribution < -0.4 is 5.14 Å². The number of aromatic carboxylic acids is 1. The van der Waals surface area contributed by atoms with Crippen LogP contribution in [0.4, 0.5) is 0 Å². The van der Waals surface area contributed by atoms with Crippen molar-refractivity contribution in [2.75, 3.05) is 0 Å². The number of benzene rings is 2. The largest absolute Gasteiger partial charge is 0.478 e. The average Bonchev–Trinajstić information content (AvgIpc) is 2.36. The molecule has 0 atom stereocenters. The molecular weight excluding hydrogens is 346 g/mol. The van der Waals surface area contributed by atoms with Gasteiger partial charge in [0.2, 0.25) is 10.0 Å². The molecule has 8 heteroatoms. The van der Waals surface area contributed by atoms with Crippen molar-refractivity contribution in [2.24, 2.45) is 5.14 Å². The minimum Gasteiger partial charge on any atom is -0.478 e. The molecule has 0 aliphatic heterocycles. The first-order valence-corrected chi connectivity index (χ1v) is 8.76. The summed E-state index contributed by atoms with van der Waals surface area (Å²) in [5.41, 5.74) is 0.703. The first-order chi connectivity index (χ1) is 10.2. The Labute approximate surface area is 137 Å². The second-order valence-corrected chi connectivity index (χ2v) is 7.60. The van der Waals surface area contributed by atoms with E-state index in [1.165, 1.54) is 6.07 Å². The molecule has 0 aliphatic rings. The summed E-state index contributed by atoms with van der Waals surface area (Å²) >= 11 is 7.07. The van der Waals surface area contributed by atoms with E-state index in [2.05, 4.69) is 0 Å². The topological polar surface area (TPSA) is 97.5 Å². The number of sulfonamides is 1. The van der Waals surface area contributed by atoms with Crippen LogP contribution in [0.25, 0.3) is 0 Å². The average molecular weight is 358 g/mol. The van der Waals surface area contributed by atoms with Crippen molar-refractivity contribution in [1.29, 1.82) is 0 Å². The Morgan fingerprint density at radius 3 is 2.50 bits per heavy atom. The molecule has 0 aliphatic carbocycles. The summed E-state index contributed by atoms with van der Waals surface area (Å²) in [5, 5.41) is 14.2. The van der Waals surface area contributed by atoms with Gasteiger partial charge in [0.25, 0.3) is 0 Å². The monoisotopic (exact) mass is 357 g/mol. The van der Waals surface area contributed by atoms with E-state index in [1.54, 1.807) is 0 Å². The molecule has 0 saturated carbocycles. The van der Waals surface area contributed by atoms with Crippen molar-refractivity contribution in [3.8, 4) is 0 Å². The number of hydrogen-bond acceptors (Lipinski definition) is 4. The fraction of sp³-hybridized carbons (Fsp3) is 0.0714. The van der Waals surface area contributed by atoms with Crippen LogP contribution in [-0.2, 0) is 10.0 Å². The second-order valence-electron chi connectivity index (χ2n) is 4.55. The zero-order valence-electron chi connectivity index (χ0n) is 11.4. The zero-order valence-corrected chi connectivity index (χ0v) is 13.8. The van der Waals surface area contributed by atoms with Crippen molar-refractivity contribution in [2.45, 2.75) is 21.6 Å². The fourth-order valence-corrected chi connectivity index (χ4v) is 4.19. The minimum atomic E-state index is -4.08. The maximum absolute atomic E-state index is 11.7. The van der Waals surface area contributed by atoms with Crippen LogP contribution in [0.5, 0.6) is 0 Å². The van der Waals surface area contributed by atoms with E-state index in [4.69, 9.17) is 21.8 Å². The lowest BCUT2D eigenvalue weighted by Crippen LogP contribution is -2.14. The van der Waals surface area contributed by atoms with Crippen molar-refractivity contribution >= 4 is 39.4 Å². The predicted molar refractivity (Wildman–Crippen MR) is 85.1 cm³/mol. The van der Waals surface area contributed by atoms with Crippen molar-refractivity contribution in [3.05, 3.63) is 52.5 Å². The number of hydrogen-bond donors (Lipinski definition) is 2. The molecule has 5 nitrogen and oxygen atoms in total. The van der Waals surface area contributed by atoms with E-state index in [0.717, 1.165) is 28.3 Å². The van der Waals surface area contributed by atoms with Gasteiger partial charge < -0.3 is 5.11 Å². The third kappa shape index (κ3) is 3.80. The number of aryl methyl sites for hydroxylation is 1. The molecule has 3 N–H and O–H groups in total. The number of rotatable bonds is 4. The Morgan fingerprint density at radius 2 is 1.95 bits per heavy atom. The van der Waals surface area contributed by atoms with Crippen molar-refractivity contribution < 1.29 is 18.3 Å². The van der Waals surface area contributed by atoms with Crippen LogP contribution in [0.1, 0.15) is 15.9 Å². The molecule has 0 bridgehead atoms. The molecule has 0 radical (unpaired) electrons. The van der Waals surface area contributed by atoms with Gasteiger partial charge in [-0.25, -0.2) is 18.4 Å². The van der Waals surface area contributed by atoms with E-state index in [0.29, 0.717) is 0 Å². The summed E-state index contributed by atoms with van der Waals surface area (Å²) in [6, 6.07) is 9.71. The van der Waals surface area contributed by atoms with E-state index < -0.39 is 16.0 Å². The third-order valence-electron chi connectivity index (χ3n) is 2.79. The van der Waals surface area contributed by atoms with Gasteiger partial charge >= 0.3 is 5.97 Å². The third-order valence-corrected chi connectivity index (χ3v) is 5.23. The molecule has 0 spiro atoms. The van der Waals surface area contributed by atoms with Crippen LogP contribution in [-0.4, -0.2) is 19.5 Å². The number of halogens is 1. The molecule has 0 amide bonds. The Kier molecular flexibility index (Phi) is 4.81. The molecule has 22 heavy (non-hydrogen) atoms. The summed E-state index contributed by atoms with van der Waals surface area (Å²) in [4.78, 5) is 11.9. The fourth-order valence-electron chi connectivity index (χ4n) is 1.81. The number of carboxylic acid groups (broad SMARTS) is 1. The number of carboxylic acids is 1. The number of primary sulfonamides is 1. The van der Waals surface area contributed by atoms with Gasteiger partial charge in [-0.15, -0.1) is 0 Å². The molecule has 116 valence electrons. The maximum Gasteiger partial charge on any atom is 0.337 e. The van der Waals surface area contributed by atoms with Crippen molar-refractivity contribution in [1.82, 2.24) is 0 Å². The SMILES string of the molecule is Cc1cccc(Sc2cc(Cl)c(C(=O)O)cc2S(N)(=O)=O)c1. The lowest BCUT2D eigenvalue weighted by Gasteiger charge is -2.10. The first-order valence-electron chi connectivity index (χ1n) is 6.02. The summed E-state index contributed by atoms with van der Waals surface area (Å²) in [7, 11) is -4.08. The normalized spacial score (nSPS) is 11.4. The van der Waals surface area contributed by atoms with Crippen LogP contribution in [0.15, 0.2) is 51.1 Å². The molecular formula is C14H12ClNO4S2. The Morgan fingerprint density at radius 1 is 1.27 bits per heavy atom. The van der Waals surface area contributed by atoms with Crippen LogP contribution in [0.2, 0.25) is 5.02 Å². The lowest BCUT2D eigenvalue weighted by molar-refractivity contribution is 0.0696.